The number of hydrogen-bond acceptors (Lipinski definition) is 3. The maximum atomic E-state index is 6.41. The quantitative estimate of drug-likeness (QED) is 0.791. The van der Waals surface area contributed by atoms with Crippen LogP contribution in [0.1, 0.15) is 39.5 Å². The molecule has 0 aromatic carbocycles. The molecule has 2 aliphatic rings. The molecule has 0 amide bonds. The van der Waals surface area contributed by atoms with Gasteiger partial charge in [0.2, 0.25) is 0 Å². The Morgan fingerprint density at radius 3 is 2.44 bits per heavy atom. The second-order valence-corrected chi connectivity index (χ2v) is 5.89. The Bertz CT molecular complexity index is 220. The molecule has 1 aliphatic carbocycles. The molecule has 2 fully saturated rings. The molecule has 1 saturated carbocycles. The van der Waals surface area contributed by atoms with Gasteiger partial charge in [-0.05, 0) is 26.2 Å². The van der Waals surface area contributed by atoms with Gasteiger partial charge in [0.25, 0.3) is 0 Å². The molecule has 0 aromatic heterocycles. The molecule has 0 radical (unpaired) electrons. The summed E-state index contributed by atoms with van der Waals surface area (Å²) in [6.45, 7) is 8.37. The highest BCUT2D eigenvalue weighted by Crippen LogP contribution is 2.33. The lowest BCUT2D eigenvalue weighted by Gasteiger charge is -2.46. The van der Waals surface area contributed by atoms with E-state index in [9.17, 15) is 0 Å². The summed E-state index contributed by atoms with van der Waals surface area (Å²) in [5.74, 6) is 0.898. The average molecular weight is 226 g/mol. The Morgan fingerprint density at radius 1 is 1.31 bits per heavy atom. The van der Waals surface area contributed by atoms with E-state index in [4.69, 9.17) is 10.5 Å². The monoisotopic (exact) mass is 226 g/mol. The molecule has 0 aromatic rings. The first kappa shape index (κ1) is 12.3. The maximum absolute atomic E-state index is 6.41. The van der Waals surface area contributed by atoms with Crippen LogP contribution in [-0.4, -0.2) is 42.8 Å². The van der Waals surface area contributed by atoms with Gasteiger partial charge in [0, 0.05) is 24.7 Å². The van der Waals surface area contributed by atoms with Crippen LogP contribution in [0.3, 0.4) is 0 Å². The van der Waals surface area contributed by atoms with E-state index in [0.29, 0.717) is 6.04 Å². The SMILES string of the molecule is CC(C)(C(N)CC1CCC1)N1CCOCC1. The first-order valence-corrected chi connectivity index (χ1v) is 6.69. The van der Waals surface area contributed by atoms with Gasteiger partial charge < -0.3 is 10.5 Å². The minimum Gasteiger partial charge on any atom is -0.379 e. The lowest BCUT2D eigenvalue weighted by atomic mass is 9.76. The number of morpholine rings is 1. The number of rotatable bonds is 4. The van der Waals surface area contributed by atoms with E-state index in [0.717, 1.165) is 32.2 Å². The highest BCUT2D eigenvalue weighted by molar-refractivity contribution is 4.94. The first-order chi connectivity index (χ1) is 7.60. The van der Waals surface area contributed by atoms with Crippen LogP contribution in [0.4, 0.5) is 0 Å². The summed E-state index contributed by atoms with van der Waals surface area (Å²) in [7, 11) is 0. The summed E-state index contributed by atoms with van der Waals surface area (Å²) < 4.78 is 5.41. The van der Waals surface area contributed by atoms with Crippen molar-refractivity contribution in [3.8, 4) is 0 Å². The van der Waals surface area contributed by atoms with E-state index in [1.54, 1.807) is 0 Å². The second-order valence-electron chi connectivity index (χ2n) is 5.89. The van der Waals surface area contributed by atoms with Gasteiger partial charge in [0.05, 0.1) is 13.2 Å². The summed E-state index contributed by atoms with van der Waals surface area (Å²) >= 11 is 0. The van der Waals surface area contributed by atoms with Crippen LogP contribution in [0, 0.1) is 5.92 Å². The minimum absolute atomic E-state index is 0.124. The molecular formula is C13H26N2O. The normalized spacial score (nSPS) is 26.4. The van der Waals surface area contributed by atoms with Gasteiger partial charge in [-0.25, -0.2) is 0 Å². The molecule has 1 aliphatic heterocycles. The van der Waals surface area contributed by atoms with Gasteiger partial charge in [0.15, 0.2) is 0 Å². The van der Waals surface area contributed by atoms with Gasteiger partial charge in [-0.2, -0.15) is 0 Å². The molecule has 16 heavy (non-hydrogen) atoms. The van der Waals surface area contributed by atoms with E-state index in [2.05, 4.69) is 18.7 Å². The lowest BCUT2D eigenvalue weighted by Crippen LogP contribution is -2.59. The van der Waals surface area contributed by atoms with Crippen LogP contribution in [0.2, 0.25) is 0 Å². The van der Waals surface area contributed by atoms with E-state index < -0.39 is 0 Å². The highest BCUT2D eigenvalue weighted by Gasteiger charge is 2.36. The molecule has 2 rings (SSSR count). The molecule has 3 nitrogen and oxygen atoms in total. The topological polar surface area (TPSA) is 38.5 Å². The van der Waals surface area contributed by atoms with Crippen LogP contribution < -0.4 is 5.73 Å². The van der Waals surface area contributed by atoms with Crippen molar-refractivity contribution in [3.63, 3.8) is 0 Å². The Kier molecular flexibility index (Phi) is 3.88. The van der Waals surface area contributed by atoms with E-state index in [1.807, 2.05) is 0 Å². The molecule has 1 heterocycles. The minimum atomic E-state index is 0.124. The van der Waals surface area contributed by atoms with Crippen LogP contribution in [0.5, 0.6) is 0 Å². The van der Waals surface area contributed by atoms with Crippen molar-refractivity contribution in [2.45, 2.75) is 51.1 Å². The zero-order valence-electron chi connectivity index (χ0n) is 10.7. The van der Waals surface area contributed by atoms with E-state index >= 15 is 0 Å². The first-order valence-electron chi connectivity index (χ1n) is 6.69. The fraction of sp³-hybridized carbons (Fsp3) is 1.00. The van der Waals surface area contributed by atoms with Crippen LogP contribution in [0.25, 0.3) is 0 Å². The number of hydrogen-bond donors (Lipinski definition) is 1. The molecule has 94 valence electrons. The molecule has 0 bridgehead atoms. The standard InChI is InChI=1S/C13H26N2O/c1-13(2,15-6-8-16-9-7-15)12(14)10-11-4-3-5-11/h11-12H,3-10,14H2,1-2H3. The summed E-state index contributed by atoms with van der Waals surface area (Å²) in [5, 5.41) is 0. The Balaban J connectivity index is 1.87. The Labute approximate surface area is 99.3 Å². The van der Waals surface area contributed by atoms with Crippen molar-refractivity contribution in [2.24, 2.45) is 11.7 Å². The average Bonchev–Trinajstić information content (AvgIpc) is 2.24. The van der Waals surface area contributed by atoms with Crippen LogP contribution >= 0.6 is 0 Å². The van der Waals surface area contributed by atoms with Gasteiger partial charge in [-0.1, -0.05) is 19.3 Å². The Hall–Kier alpha value is -0.120. The summed E-state index contributed by atoms with van der Waals surface area (Å²) in [6.07, 6.45) is 5.40. The van der Waals surface area contributed by atoms with Gasteiger partial charge in [-0.3, -0.25) is 4.90 Å². The molecule has 0 spiro atoms. The highest BCUT2D eigenvalue weighted by atomic mass is 16.5. The predicted molar refractivity (Wildman–Crippen MR) is 66.4 cm³/mol. The molecule has 1 saturated heterocycles. The molecule has 3 heteroatoms. The molecule has 2 N–H and O–H groups in total. The molecule has 1 unspecified atom stereocenters. The summed E-state index contributed by atoms with van der Waals surface area (Å²) in [5.41, 5.74) is 6.53. The van der Waals surface area contributed by atoms with E-state index in [-0.39, 0.29) is 5.54 Å². The van der Waals surface area contributed by atoms with Crippen LogP contribution in [0.15, 0.2) is 0 Å². The smallest absolute Gasteiger partial charge is 0.0594 e. The fourth-order valence-electron chi connectivity index (χ4n) is 2.75. The third-order valence-corrected chi connectivity index (χ3v) is 4.55. The zero-order valence-corrected chi connectivity index (χ0v) is 10.7. The van der Waals surface area contributed by atoms with Gasteiger partial charge in [-0.15, -0.1) is 0 Å². The van der Waals surface area contributed by atoms with E-state index in [1.165, 1.54) is 25.7 Å². The molecular weight excluding hydrogens is 200 g/mol. The zero-order chi connectivity index (χ0) is 11.6. The van der Waals surface area contributed by atoms with Crippen molar-refractivity contribution in [1.82, 2.24) is 4.90 Å². The number of nitrogens with two attached hydrogens (primary N) is 1. The third-order valence-electron chi connectivity index (χ3n) is 4.55. The van der Waals surface area contributed by atoms with Crippen LogP contribution in [-0.2, 0) is 4.74 Å². The Morgan fingerprint density at radius 2 is 1.94 bits per heavy atom. The van der Waals surface area contributed by atoms with Crippen molar-refractivity contribution in [3.05, 3.63) is 0 Å². The maximum Gasteiger partial charge on any atom is 0.0594 e. The second kappa shape index (κ2) is 5.03. The third kappa shape index (κ3) is 2.58. The van der Waals surface area contributed by atoms with Crippen molar-refractivity contribution in [2.75, 3.05) is 26.3 Å². The molecule has 1 atom stereocenters. The van der Waals surface area contributed by atoms with Gasteiger partial charge >= 0.3 is 0 Å². The number of ether oxygens (including phenoxy) is 1. The fourth-order valence-corrected chi connectivity index (χ4v) is 2.75. The van der Waals surface area contributed by atoms with Crippen molar-refractivity contribution in [1.29, 1.82) is 0 Å². The summed E-state index contributed by atoms with van der Waals surface area (Å²) in [6, 6.07) is 0.302. The lowest BCUT2D eigenvalue weighted by molar-refractivity contribution is -0.0225. The largest absolute Gasteiger partial charge is 0.379 e. The predicted octanol–water partition coefficient (Wildman–Crippen LogP) is 1.61. The van der Waals surface area contributed by atoms with Gasteiger partial charge in [0.1, 0.15) is 0 Å². The number of nitrogens with zero attached hydrogens (tertiary/aromatic N) is 1. The van der Waals surface area contributed by atoms with Crippen molar-refractivity contribution < 1.29 is 4.74 Å². The summed E-state index contributed by atoms with van der Waals surface area (Å²) in [4.78, 5) is 2.50. The van der Waals surface area contributed by atoms with Crippen molar-refractivity contribution >= 4 is 0 Å².